The molecule has 0 saturated carbocycles. The van der Waals surface area contributed by atoms with E-state index in [1.807, 2.05) is 36.4 Å². The van der Waals surface area contributed by atoms with Crippen molar-refractivity contribution in [3.05, 3.63) is 77.7 Å². The third-order valence-electron chi connectivity index (χ3n) is 6.26. The van der Waals surface area contributed by atoms with Crippen LogP contribution in [-0.4, -0.2) is 47.1 Å². The molecule has 0 aliphatic carbocycles. The van der Waals surface area contributed by atoms with Crippen molar-refractivity contribution in [2.75, 3.05) is 13.2 Å². The number of rotatable bonds is 4. The van der Waals surface area contributed by atoms with E-state index in [-0.39, 0.29) is 36.0 Å². The molecule has 2 aliphatic heterocycles. The van der Waals surface area contributed by atoms with E-state index in [1.54, 1.807) is 23.2 Å². The maximum Gasteiger partial charge on any atom is 0.410 e. The molecule has 0 radical (unpaired) electrons. The number of piperidine rings is 1. The third-order valence-corrected chi connectivity index (χ3v) is 6.26. The molecule has 2 aromatic carbocycles. The molecule has 1 amide bonds. The molecule has 7 heteroatoms. The number of halogens is 1. The zero-order chi connectivity index (χ0) is 22.1. The Labute approximate surface area is 185 Å². The van der Waals surface area contributed by atoms with Crippen LogP contribution in [-0.2, 0) is 16.1 Å². The van der Waals surface area contributed by atoms with Crippen molar-refractivity contribution in [3.63, 3.8) is 0 Å². The van der Waals surface area contributed by atoms with Crippen molar-refractivity contribution in [3.8, 4) is 0 Å². The summed E-state index contributed by atoms with van der Waals surface area (Å²) in [4.78, 5) is 31.9. The number of hydrogen-bond donors (Lipinski definition) is 0. The van der Waals surface area contributed by atoms with E-state index < -0.39 is 11.9 Å². The number of ether oxygens (including phenoxy) is 2. The summed E-state index contributed by atoms with van der Waals surface area (Å²) in [6, 6.07) is 15.4. The number of morpholine rings is 1. The van der Waals surface area contributed by atoms with E-state index in [4.69, 9.17) is 9.47 Å². The first kappa shape index (κ1) is 20.6. The number of fused-ring (bicyclic) bond motifs is 3. The Morgan fingerprint density at radius 3 is 2.56 bits per heavy atom. The van der Waals surface area contributed by atoms with Gasteiger partial charge < -0.3 is 9.47 Å². The molecule has 3 aromatic rings. The van der Waals surface area contributed by atoms with Crippen molar-refractivity contribution in [2.45, 2.75) is 31.5 Å². The van der Waals surface area contributed by atoms with Crippen molar-refractivity contribution in [1.82, 2.24) is 9.88 Å². The zero-order valence-corrected chi connectivity index (χ0v) is 17.4. The SMILES string of the molecule is O=C(c1cc2cccnc2cc1F)C1CC2COCC(C1)N2C(=O)OCc1ccccc1. The van der Waals surface area contributed by atoms with E-state index in [1.165, 1.54) is 6.07 Å². The number of aromatic nitrogens is 1. The van der Waals surface area contributed by atoms with Crippen molar-refractivity contribution in [1.29, 1.82) is 0 Å². The van der Waals surface area contributed by atoms with Gasteiger partial charge in [0.25, 0.3) is 0 Å². The molecule has 32 heavy (non-hydrogen) atoms. The van der Waals surface area contributed by atoms with E-state index in [0.29, 0.717) is 31.6 Å². The minimum absolute atomic E-state index is 0.0783. The second-order valence-corrected chi connectivity index (χ2v) is 8.35. The second kappa shape index (κ2) is 8.67. The van der Waals surface area contributed by atoms with E-state index >= 15 is 0 Å². The molecule has 5 rings (SSSR count). The quantitative estimate of drug-likeness (QED) is 0.571. The standard InChI is InChI=1S/C25H23FN2O4/c26-22-12-23-17(7-4-8-27-23)11-21(22)24(29)18-9-19-14-31-15-20(10-18)28(19)25(30)32-13-16-5-2-1-3-6-16/h1-8,11-12,18-20H,9-10,13-15H2. The molecule has 2 saturated heterocycles. The first-order valence-electron chi connectivity index (χ1n) is 10.8. The Kier molecular flexibility index (Phi) is 5.57. The van der Waals surface area contributed by atoms with Gasteiger partial charge in [-0.05, 0) is 30.5 Å². The summed E-state index contributed by atoms with van der Waals surface area (Å²) in [6.07, 6.45) is 2.03. The number of pyridine rings is 1. The maximum absolute atomic E-state index is 14.7. The summed E-state index contributed by atoms with van der Waals surface area (Å²) >= 11 is 0. The second-order valence-electron chi connectivity index (χ2n) is 8.35. The van der Waals surface area contributed by atoms with Crippen molar-refractivity contribution < 1.29 is 23.5 Å². The van der Waals surface area contributed by atoms with Gasteiger partial charge in [0.05, 0.1) is 36.4 Å². The van der Waals surface area contributed by atoms with Gasteiger partial charge in [0.15, 0.2) is 5.78 Å². The molecule has 2 unspecified atom stereocenters. The molecule has 2 fully saturated rings. The maximum atomic E-state index is 14.7. The molecule has 2 atom stereocenters. The van der Waals surface area contributed by atoms with Gasteiger partial charge in [-0.3, -0.25) is 14.7 Å². The smallest absolute Gasteiger partial charge is 0.410 e. The molecule has 3 heterocycles. The molecule has 2 aliphatic rings. The van der Waals surface area contributed by atoms with E-state index in [2.05, 4.69) is 4.98 Å². The Morgan fingerprint density at radius 2 is 1.81 bits per heavy atom. The van der Waals surface area contributed by atoms with Gasteiger partial charge in [0.1, 0.15) is 12.4 Å². The first-order chi connectivity index (χ1) is 15.6. The molecular formula is C25H23FN2O4. The predicted octanol–water partition coefficient (Wildman–Crippen LogP) is 4.37. The van der Waals surface area contributed by atoms with Crippen LogP contribution < -0.4 is 0 Å². The number of benzene rings is 2. The van der Waals surface area contributed by atoms with E-state index in [9.17, 15) is 14.0 Å². The van der Waals surface area contributed by atoms with Crippen LogP contribution in [0.2, 0.25) is 0 Å². The average Bonchev–Trinajstić information content (AvgIpc) is 2.81. The van der Waals surface area contributed by atoms with Crippen LogP contribution in [0.15, 0.2) is 60.8 Å². The van der Waals surface area contributed by atoms with Crippen LogP contribution in [0.4, 0.5) is 9.18 Å². The normalized spacial score (nSPS) is 22.5. The molecule has 1 aromatic heterocycles. The topological polar surface area (TPSA) is 68.7 Å². The Bertz CT molecular complexity index is 1140. The molecule has 6 nitrogen and oxygen atoms in total. The Balaban J connectivity index is 1.31. The van der Waals surface area contributed by atoms with Gasteiger partial charge in [-0.25, -0.2) is 9.18 Å². The van der Waals surface area contributed by atoms with Crippen LogP contribution in [0.3, 0.4) is 0 Å². The molecule has 2 bridgehead atoms. The van der Waals surface area contributed by atoms with Crippen LogP contribution in [0, 0.1) is 11.7 Å². The fourth-order valence-electron chi connectivity index (χ4n) is 4.72. The number of nitrogens with zero attached hydrogens (tertiary/aromatic N) is 2. The lowest BCUT2D eigenvalue weighted by Crippen LogP contribution is -2.60. The minimum atomic E-state index is -0.563. The van der Waals surface area contributed by atoms with Gasteiger partial charge >= 0.3 is 6.09 Å². The average molecular weight is 434 g/mol. The highest BCUT2D eigenvalue weighted by Crippen LogP contribution is 2.35. The molecular weight excluding hydrogens is 411 g/mol. The van der Waals surface area contributed by atoms with Gasteiger partial charge in [-0.15, -0.1) is 0 Å². The Hall–Kier alpha value is -3.32. The molecule has 0 N–H and O–H groups in total. The first-order valence-corrected chi connectivity index (χ1v) is 10.8. The largest absolute Gasteiger partial charge is 0.445 e. The van der Waals surface area contributed by atoms with Crippen LogP contribution in [0.1, 0.15) is 28.8 Å². The summed E-state index contributed by atoms with van der Waals surface area (Å²) < 4.78 is 25.9. The Morgan fingerprint density at radius 1 is 1.06 bits per heavy atom. The van der Waals surface area contributed by atoms with Gasteiger partial charge in [-0.2, -0.15) is 0 Å². The highest BCUT2D eigenvalue weighted by Gasteiger charge is 2.44. The van der Waals surface area contributed by atoms with E-state index in [0.717, 1.165) is 10.9 Å². The fraction of sp³-hybridized carbons (Fsp3) is 0.320. The number of ketones is 1. The number of carbonyl (C=O) groups excluding carboxylic acids is 2. The molecule has 164 valence electrons. The summed E-state index contributed by atoms with van der Waals surface area (Å²) in [5.41, 5.74) is 1.51. The van der Waals surface area contributed by atoms with Crippen LogP contribution in [0.25, 0.3) is 10.9 Å². The highest BCUT2D eigenvalue weighted by atomic mass is 19.1. The van der Waals surface area contributed by atoms with Crippen molar-refractivity contribution in [2.24, 2.45) is 5.92 Å². The predicted molar refractivity (Wildman–Crippen MR) is 116 cm³/mol. The fourth-order valence-corrected chi connectivity index (χ4v) is 4.72. The van der Waals surface area contributed by atoms with Gasteiger partial charge in [0.2, 0.25) is 0 Å². The summed E-state index contributed by atoms with van der Waals surface area (Å²) in [6.45, 7) is 0.866. The summed E-state index contributed by atoms with van der Waals surface area (Å²) in [5, 5.41) is 0.725. The number of Topliss-reactive ketones (excluding diaryl/α,β-unsaturated/α-hetero) is 1. The molecule has 0 spiro atoms. The lowest BCUT2D eigenvalue weighted by Gasteiger charge is -2.47. The zero-order valence-electron chi connectivity index (χ0n) is 17.4. The minimum Gasteiger partial charge on any atom is -0.445 e. The summed E-state index contributed by atoms with van der Waals surface area (Å²) in [7, 11) is 0. The monoisotopic (exact) mass is 434 g/mol. The number of hydrogen-bond acceptors (Lipinski definition) is 5. The highest BCUT2D eigenvalue weighted by molar-refractivity contribution is 6.01. The van der Waals surface area contributed by atoms with Crippen LogP contribution >= 0.6 is 0 Å². The number of amides is 1. The van der Waals surface area contributed by atoms with Gasteiger partial charge in [0, 0.05) is 23.6 Å². The third kappa shape index (κ3) is 3.96. The van der Waals surface area contributed by atoms with Crippen LogP contribution in [0.5, 0.6) is 0 Å². The van der Waals surface area contributed by atoms with Crippen molar-refractivity contribution >= 4 is 22.8 Å². The summed E-state index contributed by atoms with van der Waals surface area (Å²) in [5.74, 6) is -1.18. The van der Waals surface area contributed by atoms with Gasteiger partial charge in [-0.1, -0.05) is 36.4 Å². The lowest BCUT2D eigenvalue weighted by molar-refractivity contribution is -0.0755. The lowest BCUT2D eigenvalue weighted by atomic mass is 9.80. The number of carbonyl (C=O) groups is 2.